The first-order valence-corrected chi connectivity index (χ1v) is 7.57. The van der Waals surface area contributed by atoms with Gasteiger partial charge in [-0.05, 0) is 74.6 Å². The molecule has 2 aromatic carbocycles. The summed E-state index contributed by atoms with van der Waals surface area (Å²) in [4.78, 5) is 12.5. The largest absolute Gasteiger partial charge is 0.491 e. The second-order valence-electron chi connectivity index (χ2n) is 5.86. The van der Waals surface area contributed by atoms with Gasteiger partial charge < -0.3 is 4.74 Å². The summed E-state index contributed by atoms with van der Waals surface area (Å²) < 4.78 is 5.60. The van der Waals surface area contributed by atoms with Crippen LogP contribution in [0.4, 0.5) is 0 Å². The maximum atomic E-state index is 12.5. The molecule has 3 rings (SSSR count). The molecule has 108 valence electrons. The molecule has 1 aliphatic carbocycles. The highest BCUT2D eigenvalue weighted by atomic mass is 16.5. The number of hydrogen-bond acceptors (Lipinski definition) is 2. The van der Waals surface area contributed by atoms with Crippen molar-refractivity contribution < 1.29 is 9.53 Å². The molecular formula is C19H20O2. The number of ether oxygens (including phenoxy) is 1. The van der Waals surface area contributed by atoms with Crippen molar-refractivity contribution in [1.29, 1.82) is 0 Å². The number of hydrogen-bond donors (Lipinski definition) is 0. The van der Waals surface area contributed by atoms with E-state index in [0.717, 1.165) is 24.2 Å². The molecule has 0 spiro atoms. The van der Waals surface area contributed by atoms with Crippen LogP contribution in [-0.2, 0) is 12.8 Å². The summed E-state index contributed by atoms with van der Waals surface area (Å²) in [6.07, 6.45) is 3.58. The van der Waals surface area contributed by atoms with Gasteiger partial charge in [0, 0.05) is 11.1 Å². The van der Waals surface area contributed by atoms with Crippen molar-refractivity contribution in [3.05, 3.63) is 64.7 Å². The minimum absolute atomic E-state index is 0.0841. The van der Waals surface area contributed by atoms with Crippen molar-refractivity contribution >= 4 is 5.78 Å². The molecule has 2 heteroatoms. The summed E-state index contributed by atoms with van der Waals surface area (Å²) in [7, 11) is 0. The molecule has 0 unspecified atom stereocenters. The van der Waals surface area contributed by atoms with E-state index in [9.17, 15) is 4.79 Å². The lowest BCUT2D eigenvalue weighted by Gasteiger charge is -2.10. The Morgan fingerprint density at radius 1 is 0.952 bits per heavy atom. The zero-order chi connectivity index (χ0) is 14.8. The lowest BCUT2D eigenvalue weighted by atomic mass is 9.99. The first-order chi connectivity index (χ1) is 10.1. The Morgan fingerprint density at radius 2 is 1.62 bits per heavy atom. The van der Waals surface area contributed by atoms with E-state index in [0.29, 0.717) is 5.56 Å². The number of ketones is 1. The number of carbonyl (C=O) groups excluding carboxylic acids is 1. The standard InChI is InChI=1S/C19H20O2/c1-13(2)21-18-10-8-15(9-11-18)19(20)17-7-6-14-4-3-5-16(14)12-17/h6-13H,3-5H2,1-2H3. The molecule has 21 heavy (non-hydrogen) atoms. The molecule has 0 amide bonds. The van der Waals surface area contributed by atoms with Crippen molar-refractivity contribution in [3.63, 3.8) is 0 Å². The number of benzene rings is 2. The van der Waals surface area contributed by atoms with Gasteiger partial charge in [0.15, 0.2) is 5.78 Å². The molecule has 0 heterocycles. The minimum Gasteiger partial charge on any atom is -0.491 e. The van der Waals surface area contributed by atoms with Crippen LogP contribution >= 0.6 is 0 Å². The van der Waals surface area contributed by atoms with Gasteiger partial charge in [-0.3, -0.25) is 4.79 Å². The first kappa shape index (κ1) is 13.9. The Hall–Kier alpha value is -2.09. The van der Waals surface area contributed by atoms with Gasteiger partial charge >= 0.3 is 0 Å². The molecule has 0 saturated heterocycles. The van der Waals surface area contributed by atoms with Crippen LogP contribution < -0.4 is 4.74 Å². The fourth-order valence-corrected chi connectivity index (χ4v) is 2.84. The van der Waals surface area contributed by atoms with E-state index in [1.54, 1.807) is 0 Å². The molecule has 2 aromatic rings. The van der Waals surface area contributed by atoms with Crippen LogP contribution in [0.5, 0.6) is 5.75 Å². The SMILES string of the molecule is CC(C)Oc1ccc(C(=O)c2ccc3c(c2)CCC3)cc1. The number of fused-ring (bicyclic) bond motifs is 1. The second kappa shape index (κ2) is 5.72. The maximum absolute atomic E-state index is 12.5. The monoisotopic (exact) mass is 280 g/mol. The predicted molar refractivity (Wildman–Crippen MR) is 84.1 cm³/mol. The second-order valence-corrected chi connectivity index (χ2v) is 5.86. The third-order valence-corrected chi connectivity index (χ3v) is 3.85. The molecule has 0 atom stereocenters. The molecule has 0 saturated carbocycles. The third-order valence-electron chi connectivity index (χ3n) is 3.85. The van der Waals surface area contributed by atoms with Gasteiger partial charge in [0.2, 0.25) is 0 Å². The van der Waals surface area contributed by atoms with Crippen molar-refractivity contribution in [2.45, 2.75) is 39.2 Å². The maximum Gasteiger partial charge on any atom is 0.193 e. The summed E-state index contributed by atoms with van der Waals surface area (Å²) in [5.74, 6) is 0.885. The summed E-state index contributed by atoms with van der Waals surface area (Å²) in [6, 6.07) is 13.5. The van der Waals surface area contributed by atoms with E-state index in [1.807, 2.05) is 44.2 Å². The molecule has 0 aromatic heterocycles. The van der Waals surface area contributed by atoms with Gasteiger partial charge in [-0.1, -0.05) is 12.1 Å². The van der Waals surface area contributed by atoms with E-state index >= 15 is 0 Å². The van der Waals surface area contributed by atoms with Gasteiger partial charge in [-0.15, -0.1) is 0 Å². The van der Waals surface area contributed by atoms with Crippen molar-refractivity contribution in [2.75, 3.05) is 0 Å². The molecule has 1 aliphatic rings. The molecule has 0 bridgehead atoms. The van der Waals surface area contributed by atoms with Gasteiger partial charge in [0.1, 0.15) is 5.75 Å². The average Bonchev–Trinajstić information content (AvgIpc) is 2.94. The topological polar surface area (TPSA) is 26.3 Å². The lowest BCUT2D eigenvalue weighted by molar-refractivity contribution is 0.103. The van der Waals surface area contributed by atoms with Crippen LogP contribution in [0.25, 0.3) is 0 Å². The van der Waals surface area contributed by atoms with E-state index in [1.165, 1.54) is 17.5 Å². The summed E-state index contributed by atoms with van der Waals surface area (Å²) >= 11 is 0. The van der Waals surface area contributed by atoms with Crippen LogP contribution in [0.3, 0.4) is 0 Å². The summed E-state index contributed by atoms with van der Waals surface area (Å²) in [5.41, 5.74) is 4.23. The Morgan fingerprint density at radius 3 is 2.33 bits per heavy atom. The quantitative estimate of drug-likeness (QED) is 0.785. The predicted octanol–water partition coefficient (Wildman–Crippen LogP) is 4.19. The smallest absolute Gasteiger partial charge is 0.193 e. The van der Waals surface area contributed by atoms with E-state index in [-0.39, 0.29) is 11.9 Å². The molecule has 2 nitrogen and oxygen atoms in total. The van der Waals surface area contributed by atoms with E-state index in [2.05, 4.69) is 12.1 Å². The van der Waals surface area contributed by atoms with Gasteiger partial charge in [-0.25, -0.2) is 0 Å². The Labute approximate surface area is 125 Å². The highest BCUT2D eigenvalue weighted by Crippen LogP contribution is 2.24. The van der Waals surface area contributed by atoms with Crippen molar-refractivity contribution in [3.8, 4) is 5.75 Å². The van der Waals surface area contributed by atoms with E-state index in [4.69, 9.17) is 4.74 Å². The summed E-state index contributed by atoms with van der Waals surface area (Å²) in [5, 5.41) is 0. The molecule has 0 aliphatic heterocycles. The Kier molecular flexibility index (Phi) is 3.78. The third kappa shape index (κ3) is 2.99. The highest BCUT2D eigenvalue weighted by molar-refractivity contribution is 6.09. The average molecular weight is 280 g/mol. The van der Waals surface area contributed by atoms with Crippen LogP contribution in [0.2, 0.25) is 0 Å². The Bertz CT molecular complexity index is 654. The molecule has 0 fully saturated rings. The summed E-state index contributed by atoms with van der Waals surface area (Å²) in [6.45, 7) is 3.98. The zero-order valence-electron chi connectivity index (χ0n) is 12.6. The number of rotatable bonds is 4. The van der Waals surface area contributed by atoms with Gasteiger partial charge in [0.25, 0.3) is 0 Å². The fraction of sp³-hybridized carbons (Fsp3) is 0.316. The number of aryl methyl sites for hydroxylation is 2. The van der Waals surface area contributed by atoms with Crippen molar-refractivity contribution in [2.24, 2.45) is 0 Å². The van der Waals surface area contributed by atoms with Crippen LogP contribution in [0.1, 0.15) is 47.3 Å². The lowest BCUT2D eigenvalue weighted by Crippen LogP contribution is -2.06. The molecule has 0 N–H and O–H groups in total. The number of carbonyl (C=O) groups is 1. The molecular weight excluding hydrogens is 260 g/mol. The van der Waals surface area contributed by atoms with Gasteiger partial charge in [-0.2, -0.15) is 0 Å². The first-order valence-electron chi connectivity index (χ1n) is 7.57. The minimum atomic E-state index is 0.0841. The Balaban J connectivity index is 1.81. The fourth-order valence-electron chi connectivity index (χ4n) is 2.84. The van der Waals surface area contributed by atoms with Gasteiger partial charge in [0.05, 0.1) is 6.10 Å². The normalized spacial score (nSPS) is 13.3. The van der Waals surface area contributed by atoms with Crippen LogP contribution in [0, 0.1) is 0 Å². The zero-order valence-corrected chi connectivity index (χ0v) is 12.6. The molecule has 0 radical (unpaired) electrons. The highest BCUT2D eigenvalue weighted by Gasteiger charge is 2.15. The van der Waals surface area contributed by atoms with Crippen molar-refractivity contribution in [1.82, 2.24) is 0 Å². The van der Waals surface area contributed by atoms with Crippen LogP contribution in [0.15, 0.2) is 42.5 Å². The van der Waals surface area contributed by atoms with Crippen LogP contribution in [-0.4, -0.2) is 11.9 Å². The van der Waals surface area contributed by atoms with E-state index < -0.39 is 0 Å².